The van der Waals surface area contributed by atoms with Crippen molar-refractivity contribution in [1.82, 2.24) is 10.2 Å². The molecule has 0 saturated heterocycles. The highest BCUT2D eigenvalue weighted by atomic mass is 16.3. The highest BCUT2D eigenvalue weighted by molar-refractivity contribution is 4.90. The van der Waals surface area contributed by atoms with Gasteiger partial charge in [-0.25, -0.2) is 0 Å². The number of nitrogens with zero attached hydrogens (tertiary/aromatic N) is 1. The van der Waals surface area contributed by atoms with E-state index >= 15 is 0 Å². The van der Waals surface area contributed by atoms with Gasteiger partial charge in [-0.3, -0.25) is 0 Å². The fourth-order valence-corrected chi connectivity index (χ4v) is 4.29. The minimum Gasteiger partial charge on any atom is -0.393 e. The van der Waals surface area contributed by atoms with E-state index in [2.05, 4.69) is 38.0 Å². The average molecular weight is 296 g/mol. The van der Waals surface area contributed by atoms with Gasteiger partial charge in [-0.1, -0.05) is 20.8 Å². The Morgan fingerprint density at radius 1 is 1.24 bits per heavy atom. The molecule has 0 spiro atoms. The van der Waals surface area contributed by atoms with E-state index in [-0.39, 0.29) is 6.10 Å². The first-order chi connectivity index (χ1) is 9.89. The lowest BCUT2D eigenvalue weighted by Crippen LogP contribution is -2.48. The topological polar surface area (TPSA) is 35.5 Å². The molecule has 2 aliphatic carbocycles. The van der Waals surface area contributed by atoms with Gasteiger partial charge in [-0.05, 0) is 69.4 Å². The molecule has 2 saturated carbocycles. The van der Waals surface area contributed by atoms with Crippen molar-refractivity contribution in [3.63, 3.8) is 0 Å². The van der Waals surface area contributed by atoms with Crippen molar-refractivity contribution < 1.29 is 5.11 Å². The lowest BCUT2D eigenvalue weighted by atomic mass is 9.69. The van der Waals surface area contributed by atoms with E-state index in [1.165, 1.54) is 32.2 Å². The molecule has 0 radical (unpaired) electrons. The van der Waals surface area contributed by atoms with Crippen LogP contribution in [-0.2, 0) is 0 Å². The molecule has 3 heteroatoms. The van der Waals surface area contributed by atoms with Crippen LogP contribution in [0.4, 0.5) is 0 Å². The number of hydrogen-bond acceptors (Lipinski definition) is 3. The Kier molecular flexibility index (Phi) is 6.10. The summed E-state index contributed by atoms with van der Waals surface area (Å²) in [5.74, 6) is 1.50. The van der Waals surface area contributed by atoms with Crippen molar-refractivity contribution in [2.24, 2.45) is 17.3 Å². The minimum atomic E-state index is -0.0176. The predicted octanol–water partition coefficient (Wildman–Crippen LogP) is 2.88. The van der Waals surface area contributed by atoms with E-state index in [9.17, 15) is 5.11 Å². The van der Waals surface area contributed by atoms with Crippen molar-refractivity contribution in [1.29, 1.82) is 0 Å². The average Bonchev–Trinajstić information content (AvgIpc) is 2.35. The zero-order chi connectivity index (χ0) is 15.5. The van der Waals surface area contributed by atoms with E-state index in [0.717, 1.165) is 37.8 Å². The van der Waals surface area contributed by atoms with E-state index in [1.54, 1.807) is 0 Å². The van der Waals surface area contributed by atoms with Crippen molar-refractivity contribution >= 4 is 0 Å². The van der Waals surface area contributed by atoms with Gasteiger partial charge in [-0.15, -0.1) is 0 Å². The summed E-state index contributed by atoms with van der Waals surface area (Å²) in [5, 5.41) is 13.2. The lowest BCUT2D eigenvalue weighted by molar-refractivity contribution is 0.0215. The molecule has 0 aromatic carbocycles. The number of rotatable bonds is 7. The third kappa shape index (κ3) is 5.22. The van der Waals surface area contributed by atoms with Gasteiger partial charge in [0.05, 0.1) is 6.10 Å². The number of aliphatic hydroxyl groups excluding tert-OH is 1. The Labute approximate surface area is 131 Å². The van der Waals surface area contributed by atoms with E-state index in [0.29, 0.717) is 11.5 Å². The SMILES string of the molecule is CCCNC1CCC(C)(C)CC1CN(C)CC1CC(O)C1. The monoisotopic (exact) mass is 296 g/mol. The molecule has 2 fully saturated rings. The molecule has 0 aromatic heterocycles. The van der Waals surface area contributed by atoms with Crippen molar-refractivity contribution in [2.75, 3.05) is 26.7 Å². The van der Waals surface area contributed by atoms with Crippen molar-refractivity contribution in [3.8, 4) is 0 Å². The Bertz CT molecular complexity index is 312. The van der Waals surface area contributed by atoms with Crippen molar-refractivity contribution in [3.05, 3.63) is 0 Å². The molecule has 2 unspecified atom stereocenters. The van der Waals surface area contributed by atoms with Gasteiger partial charge in [0.2, 0.25) is 0 Å². The fourth-order valence-electron chi connectivity index (χ4n) is 4.29. The van der Waals surface area contributed by atoms with Crippen LogP contribution in [0.25, 0.3) is 0 Å². The van der Waals surface area contributed by atoms with Gasteiger partial charge in [0.25, 0.3) is 0 Å². The van der Waals surface area contributed by atoms with Crippen LogP contribution < -0.4 is 5.32 Å². The fraction of sp³-hybridized carbons (Fsp3) is 1.00. The third-order valence-electron chi connectivity index (χ3n) is 5.50. The predicted molar refractivity (Wildman–Crippen MR) is 89.4 cm³/mol. The molecule has 2 rings (SSSR count). The van der Waals surface area contributed by atoms with Gasteiger partial charge in [0.15, 0.2) is 0 Å². The quantitative estimate of drug-likeness (QED) is 0.758. The maximum absolute atomic E-state index is 9.43. The Balaban J connectivity index is 1.82. The summed E-state index contributed by atoms with van der Waals surface area (Å²) in [4.78, 5) is 2.52. The normalized spacial score (nSPS) is 35.7. The second-order valence-corrected chi connectivity index (χ2v) is 8.44. The molecule has 3 nitrogen and oxygen atoms in total. The zero-order valence-corrected chi connectivity index (χ0v) is 14.6. The van der Waals surface area contributed by atoms with Gasteiger partial charge in [0, 0.05) is 19.1 Å². The summed E-state index contributed by atoms with van der Waals surface area (Å²) < 4.78 is 0. The number of hydrogen-bond donors (Lipinski definition) is 2. The summed E-state index contributed by atoms with van der Waals surface area (Å²) in [5.41, 5.74) is 0.503. The summed E-state index contributed by atoms with van der Waals surface area (Å²) in [6, 6.07) is 0.701. The molecule has 0 bridgehead atoms. The van der Waals surface area contributed by atoms with Crippen LogP contribution >= 0.6 is 0 Å². The molecule has 124 valence electrons. The first-order valence-electron chi connectivity index (χ1n) is 8.99. The highest BCUT2D eigenvalue weighted by Crippen LogP contribution is 2.39. The molecule has 2 N–H and O–H groups in total. The van der Waals surface area contributed by atoms with Gasteiger partial charge < -0.3 is 15.3 Å². The molecular weight excluding hydrogens is 260 g/mol. The number of aliphatic hydroxyl groups is 1. The van der Waals surface area contributed by atoms with Crippen LogP contribution in [0.5, 0.6) is 0 Å². The van der Waals surface area contributed by atoms with Crippen LogP contribution in [0.3, 0.4) is 0 Å². The minimum absolute atomic E-state index is 0.0176. The number of nitrogens with one attached hydrogen (secondary N) is 1. The zero-order valence-electron chi connectivity index (χ0n) is 14.6. The first kappa shape index (κ1) is 17.2. The maximum Gasteiger partial charge on any atom is 0.0546 e. The summed E-state index contributed by atoms with van der Waals surface area (Å²) in [6.45, 7) is 10.6. The Morgan fingerprint density at radius 2 is 1.95 bits per heavy atom. The van der Waals surface area contributed by atoms with E-state index < -0.39 is 0 Å². The Hall–Kier alpha value is -0.120. The molecule has 2 aliphatic rings. The van der Waals surface area contributed by atoms with Crippen LogP contribution in [0, 0.1) is 17.3 Å². The van der Waals surface area contributed by atoms with E-state index in [1.807, 2.05) is 0 Å². The van der Waals surface area contributed by atoms with E-state index in [4.69, 9.17) is 0 Å². The standard InChI is InChI=1S/C18H36N2O/c1-5-8-19-17-6-7-18(2,3)11-15(17)13-20(4)12-14-9-16(21)10-14/h14-17,19,21H,5-13H2,1-4H3. The van der Waals surface area contributed by atoms with Gasteiger partial charge in [0.1, 0.15) is 0 Å². The van der Waals surface area contributed by atoms with Crippen LogP contribution in [-0.4, -0.2) is 48.8 Å². The molecule has 2 atom stereocenters. The molecule has 0 amide bonds. The summed E-state index contributed by atoms with van der Waals surface area (Å²) >= 11 is 0. The molecule has 0 heterocycles. The third-order valence-corrected chi connectivity index (χ3v) is 5.50. The lowest BCUT2D eigenvalue weighted by Gasteiger charge is -2.43. The first-order valence-corrected chi connectivity index (χ1v) is 8.99. The largest absolute Gasteiger partial charge is 0.393 e. The molecule has 0 aromatic rings. The molecular formula is C18H36N2O. The van der Waals surface area contributed by atoms with Gasteiger partial charge >= 0.3 is 0 Å². The smallest absolute Gasteiger partial charge is 0.0546 e. The van der Waals surface area contributed by atoms with Crippen LogP contribution in [0.1, 0.15) is 59.3 Å². The second kappa shape index (κ2) is 7.43. The van der Waals surface area contributed by atoms with Crippen LogP contribution in [0.15, 0.2) is 0 Å². The maximum atomic E-state index is 9.43. The molecule has 0 aliphatic heterocycles. The van der Waals surface area contributed by atoms with Crippen molar-refractivity contribution in [2.45, 2.75) is 71.4 Å². The summed E-state index contributed by atoms with van der Waals surface area (Å²) in [6.07, 6.45) is 7.25. The summed E-state index contributed by atoms with van der Waals surface area (Å²) in [7, 11) is 2.27. The van der Waals surface area contributed by atoms with Crippen LogP contribution in [0.2, 0.25) is 0 Å². The Morgan fingerprint density at radius 3 is 2.57 bits per heavy atom. The highest BCUT2D eigenvalue weighted by Gasteiger charge is 2.35. The second-order valence-electron chi connectivity index (χ2n) is 8.44. The molecule has 21 heavy (non-hydrogen) atoms. The van der Waals surface area contributed by atoms with Gasteiger partial charge in [-0.2, -0.15) is 0 Å².